The zero-order valence-electron chi connectivity index (χ0n) is 15.8. The van der Waals surface area contributed by atoms with Gasteiger partial charge in [-0.15, -0.1) is 11.3 Å². The van der Waals surface area contributed by atoms with Crippen molar-refractivity contribution in [2.45, 2.75) is 44.7 Å². The maximum atomic E-state index is 13.2. The van der Waals surface area contributed by atoms with Crippen LogP contribution in [0.4, 0.5) is 23.9 Å². The molecule has 1 aliphatic carbocycles. The highest BCUT2D eigenvalue weighted by molar-refractivity contribution is 7.80. The first-order chi connectivity index (χ1) is 13.8. The first-order valence-corrected chi connectivity index (χ1v) is 10.5. The first-order valence-electron chi connectivity index (χ1n) is 9.28. The van der Waals surface area contributed by atoms with E-state index in [-0.39, 0.29) is 10.8 Å². The number of hydrogen-bond acceptors (Lipinski definition) is 4. The third-order valence-corrected chi connectivity index (χ3v) is 6.18. The van der Waals surface area contributed by atoms with Gasteiger partial charge >= 0.3 is 12.1 Å². The number of hydrogen-bond donors (Lipinski definition) is 2. The minimum atomic E-state index is -4.51. The van der Waals surface area contributed by atoms with Crippen LogP contribution in [-0.4, -0.2) is 18.2 Å². The SMILES string of the molecule is COC(=O)c1c(NC(=S)Nc2ccccc2C(F)(F)F)sc2c1CCCCCC2. The van der Waals surface area contributed by atoms with Gasteiger partial charge in [-0.2, -0.15) is 13.2 Å². The lowest BCUT2D eigenvalue weighted by Gasteiger charge is -2.15. The van der Waals surface area contributed by atoms with Gasteiger partial charge in [-0.1, -0.05) is 25.0 Å². The Morgan fingerprint density at radius 2 is 1.79 bits per heavy atom. The van der Waals surface area contributed by atoms with E-state index >= 15 is 0 Å². The second-order valence-corrected chi connectivity index (χ2v) is 8.25. The van der Waals surface area contributed by atoms with Crippen molar-refractivity contribution < 1.29 is 22.7 Å². The quantitative estimate of drug-likeness (QED) is 0.450. The Labute approximate surface area is 176 Å². The van der Waals surface area contributed by atoms with Crippen LogP contribution in [0.15, 0.2) is 24.3 Å². The number of thiocarbonyl (C=S) groups is 1. The van der Waals surface area contributed by atoms with Crippen LogP contribution < -0.4 is 10.6 Å². The zero-order valence-corrected chi connectivity index (χ0v) is 17.5. The normalized spacial score (nSPS) is 14.3. The van der Waals surface area contributed by atoms with Crippen molar-refractivity contribution in [3.05, 3.63) is 45.8 Å². The average molecular weight is 443 g/mol. The number of para-hydroxylation sites is 1. The molecule has 0 spiro atoms. The molecule has 1 heterocycles. The van der Waals surface area contributed by atoms with E-state index in [1.54, 1.807) is 0 Å². The number of fused-ring (bicyclic) bond motifs is 1. The van der Waals surface area contributed by atoms with Crippen molar-refractivity contribution >= 4 is 45.3 Å². The van der Waals surface area contributed by atoms with E-state index in [1.807, 2.05) is 0 Å². The number of alkyl halides is 3. The first kappa shape index (κ1) is 21.6. The lowest BCUT2D eigenvalue weighted by Crippen LogP contribution is -2.22. The number of halogens is 3. The van der Waals surface area contributed by atoms with Crippen LogP contribution >= 0.6 is 23.6 Å². The standard InChI is InChI=1S/C20H21F3N2O2S2/c1-27-18(26)16-12-8-4-2-3-5-11-15(12)29-17(16)25-19(28)24-14-10-7-6-9-13(14)20(21,22)23/h6-7,9-10H,2-5,8,11H2,1H3,(H2,24,25,28). The number of esters is 1. The molecular weight excluding hydrogens is 421 g/mol. The van der Waals surface area contributed by atoms with Gasteiger partial charge in [0.1, 0.15) is 5.00 Å². The van der Waals surface area contributed by atoms with E-state index in [4.69, 9.17) is 17.0 Å². The summed E-state index contributed by atoms with van der Waals surface area (Å²) in [5.74, 6) is -0.468. The lowest BCUT2D eigenvalue weighted by atomic mass is 9.96. The fraction of sp³-hybridized carbons (Fsp3) is 0.400. The van der Waals surface area contributed by atoms with E-state index in [1.165, 1.54) is 36.6 Å². The van der Waals surface area contributed by atoms with E-state index in [9.17, 15) is 18.0 Å². The van der Waals surface area contributed by atoms with Crippen LogP contribution in [0.2, 0.25) is 0 Å². The Morgan fingerprint density at radius 1 is 1.10 bits per heavy atom. The molecule has 0 atom stereocenters. The summed E-state index contributed by atoms with van der Waals surface area (Å²) in [5.41, 5.74) is 0.438. The van der Waals surface area contributed by atoms with Crippen molar-refractivity contribution in [1.29, 1.82) is 0 Å². The van der Waals surface area contributed by atoms with Gasteiger partial charge < -0.3 is 15.4 Å². The van der Waals surface area contributed by atoms with Gasteiger partial charge in [-0.3, -0.25) is 0 Å². The molecule has 9 heteroatoms. The topological polar surface area (TPSA) is 50.4 Å². The number of carbonyl (C=O) groups excluding carboxylic acids is 1. The molecule has 0 aliphatic heterocycles. The van der Waals surface area contributed by atoms with Gasteiger partial charge in [0.15, 0.2) is 5.11 Å². The molecule has 1 aliphatic rings. The molecule has 29 heavy (non-hydrogen) atoms. The summed E-state index contributed by atoms with van der Waals surface area (Å²) in [6, 6.07) is 5.11. The van der Waals surface area contributed by atoms with E-state index in [0.717, 1.165) is 55.0 Å². The number of benzene rings is 1. The minimum Gasteiger partial charge on any atom is -0.465 e. The number of ether oxygens (including phenoxy) is 1. The number of methoxy groups -OCH3 is 1. The van der Waals surface area contributed by atoms with E-state index in [0.29, 0.717) is 10.6 Å². The van der Waals surface area contributed by atoms with Gasteiger partial charge in [0.25, 0.3) is 0 Å². The maximum absolute atomic E-state index is 13.2. The fourth-order valence-corrected chi connectivity index (χ4v) is 4.98. The Bertz CT molecular complexity index is 910. The molecule has 0 saturated carbocycles. The van der Waals surface area contributed by atoms with Crippen LogP contribution in [0.1, 0.15) is 52.0 Å². The molecule has 3 rings (SSSR count). The number of rotatable bonds is 3. The molecule has 0 saturated heterocycles. The number of anilines is 2. The van der Waals surface area contributed by atoms with Gasteiger partial charge in [0.2, 0.25) is 0 Å². The molecule has 0 amide bonds. The van der Waals surface area contributed by atoms with Crippen LogP contribution in [0.25, 0.3) is 0 Å². The molecule has 1 aromatic heterocycles. The van der Waals surface area contributed by atoms with Gasteiger partial charge in [0, 0.05) is 4.88 Å². The van der Waals surface area contributed by atoms with Crippen molar-refractivity contribution in [3.63, 3.8) is 0 Å². The highest BCUT2D eigenvalue weighted by Crippen LogP contribution is 2.38. The Balaban J connectivity index is 1.87. The molecule has 156 valence electrons. The summed E-state index contributed by atoms with van der Waals surface area (Å²) in [7, 11) is 1.31. The maximum Gasteiger partial charge on any atom is 0.418 e. The van der Waals surface area contributed by atoms with E-state index in [2.05, 4.69) is 10.6 Å². The summed E-state index contributed by atoms with van der Waals surface area (Å²) in [4.78, 5) is 13.5. The average Bonchev–Trinajstić information content (AvgIpc) is 2.96. The van der Waals surface area contributed by atoms with Gasteiger partial charge in [-0.05, 0) is 55.6 Å². The molecule has 0 fully saturated rings. The molecule has 2 N–H and O–H groups in total. The molecule has 0 unspecified atom stereocenters. The van der Waals surface area contributed by atoms with Crippen LogP contribution in [0.3, 0.4) is 0 Å². The third kappa shape index (κ3) is 5.08. The smallest absolute Gasteiger partial charge is 0.418 e. The van der Waals surface area contributed by atoms with Gasteiger partial charge in [-0.25, -0.2) is 4.79 Å². The van der Waals surface area contributed by atoms with Crippen molar-refractivity contribution in [3.8, 4) is 0 Å². The number of thiophene rings is 1. The lowest BCUT2D eigenvalue weighted by molar-refractivity contribution is -0.136. The summed E-state index contributed by atoms with van der Waals surface area (Å²) < 4.78 is 44.6. The molecule has 0 radical (unpaired) electrons. The van der Waals surface area contributed by atoms with Crippen LogP contribution in [0.5, 0.6) is 0 Å². The van der Waals surface area contributed by atoms with Crippen molar-refractivity contribution in [1.82, 2.24) is 0 Å². The number of nitrogens with one attached hydrogen (secondary N) is 2. The van der Waals surface area contributed by atoms with Crippen molar-refractivity contribution in [2.24, 2.45) is 0 Å². The highest BCUT2D eigenvalue weighted by atomic mass is 32.1. The summed E-state index contributed by atoms with van der Waals surface area (Å²) in [5, 5.41) is 6.02. The van der Waals surface area contributed by atoms with Crippen LogP contribution in [0, 0.1) is 0 Å². The summed E-state index contributed by atoms with van der Waals surface area (Å²) in [6.07, 6.45) is 1.39. The number of aryl methyl sites for hydroxylation is 1. The Hall–Kier alpha value is -2.13. The third-order valence-electron chi connectivity index (χ3n) is 4.77. The number of carbonyl (C=O) groups is 1. The Kier molecular flexibility index (Phi) is 6.79. The molecule has 2 aromatic rings. The predicted molar refractivity (Wildman–Crippen MR) is 113 cm³/mol. The molecular formula is C20H21F3N2O2S2. The predicted octanol–water partition coefficient (Wildman–Crippen LogP) is 6.02. The molecule has 4 nitrogen and oxygen atoms in total. The van der Waals surface area contributed by atoms with E-state index < -0.39 is 17.7 Å². The highest BCUT2D eigenvalue weighted by Gasteiger charge is 2.33. The van der Waals surface area contributed by atoms with Crippen molar-refractivity contribution in [2.75, 3.05) is 17.7 Å². The fourth-order valence-electron chi connectivity index (χ4n) is 3.42. The van der Waals surface area contributed by atoms with Gasteiger partial charge in [0.05, 0.1) is 23.9 Å². The summed E-state index contributed by atoms with van der Waals surface area (Å²) >= 11 is 6.66. The minimum absolute atomic E-state index is 0.0129. The zero-order chi connectivity index (χ0) is 21.0. The van der Waals surface area contributed by atoms with Crippen LogP contribution in [-0.2, 0) is 23.8 Å². The molecule has 1 aromatic carbocycles. The second-order valence-electron chi connectivity index (χ2n) is 6.74. The second kappa shape index (κ2) is 9.13. The largest absolute Gasteiger partial charge is 0.465 e. The monoisotopic (exact) mass is 442 g/mol. The molecule has 0 bridgehead atoms. The summed E-state index contributed by atoms with van der Waals surface area (Å²) in [6.45, 7) is 0. The Morgan fingerprint density at radius 3 is 2.48 bits per heavy atom.